The Labute approximate surface area is 148 Å². The molecule has 25 heavy (non-hydrogen) atoms. The van der Waals surface area contributed by atoms with Gasteiger partial charge in [-0.3, -0.25) is 9.59 Å². The van der Waals surface area contributed by atoms with Gasteiger partial charge in [-0.1, -0.05) is 18.2 Å². The monoisotopic (exact) mass is 360 g/mol. The first-order valence-corrected chi connectivity index (χ1v) is 8.07. The summed E-state index contributed by atoms with van der Waals surface area (Å²) in [7, 11) is 0. The minimum Gasteiger partial charge on any atom is -0.379 e. The zero-order valence-electron chi connectivity index (χ0n) is 14.5. The normalized spacial score (nSPS) is 10.2. The molecule has 0 radical (unpaired) electrons. The molecule has 0 saturated heterocycles. The number of nitrogens with one attached hydrogen (secondary N) is 2. The Morgan fingerprint density at radius 2 is 1.16 bits per heavy atom. The summed E-state index contributed by atoms with van der Waals surface area (Å²) >= 11 is 0. The standard InChI is InChI=1S/C16H28N2O7/c1-3-15(19)17-7-5-9-21-11-13-23-25-24-14-12-22-10-6-8-18-16(20)4-2/h3-4H,1-2,5-14H2,(H,17,19)(H,18,20). The Kier molecular flexibility index (Phi) is 17.2. The second-order valence-electron chi connectivity index (χ2n) is 4.63. The Hall–Kier alpha value is -1.78. The molecule has 9 heteroatoms. The van der Waals surface area contributed by atoms with Gasteiger partial charge in [0, 0.05) is 26.3 Å². The van der Waals surface area contributed by atoms with Crippen molar-refractivity contribution in [2.24, 2.45) is 0 Å². The molecule has 0 unspecified atom stereocenters. The van der Waals surface area contributed by atoms with Gasteiger partial charge >= 0.3 is 0 Å². The van der Waals surface area contributed by atoms with Crippen molar-refractivity contribution in [3.8, 4) is 0 Å². The maximum Gasteiger partial charge on any atom is 0.243 e. The van der Waals surface area contributed by atoms with E-state index in [1.165, 1.54) is 12.2 Å². The molecule has 2 amide bonds. The van der Waals surface area contributed by atoms with Crippen molar-refractivity contribution in [2.45, 2.75) is 12.8 Å². The van der Waals surface area contributed by atoms with Gasteiger partial charge in [0.1, 0.15) is 13.2 Å². The number of carbonyl (C=O) groups excluding carboxylic acids is 2. The third kappa shape index (κ3) is 18.4. The lowest BCUT2D eigenvalue weighted by molar-refractivity contribution is -0.514. The number of carbonyl (C=O) groups is 2. The molecule has 0 aromatic carbocycles. The highest BCUT2D eigenvalue weighted by atomic mass is 17.5. The summed E-state index contributed by atoms with van der Waals surface area (Å²) in [5.41, 5.74) is 0. The SMILES string of the molecule is C=CC(=O)NCCCOCCOOOCCOCCCNC(=O)C=C. The summed E-state index contributed by atoms with van der Waals surface area (Å²) in [5, 5.41) is 9.76. The lowest BCUT2D eigenvalue weighted by Crippen LogP contribution is -2.23. The summed E-state index contributed by atoms with van der Waals surface area (Å²) in [6, 6.07) is 0. The molecule has 0 aliphatic carbocycles. The van der Waals surface area contributed by atoms with Crippen molar-refractivity contribution >= 4 is 11.8 Å². The van der Waals surface area contributed by atoms with Crippen molar-refractivity contribution in [2.75, 3.05) is 52.7 Å². The van der Waals surface area contributed by atoms with Gasteiger partial charge in [-0.15, -0.1) is 0 Å². The second-order valence-corrected chi connectivity index (χ2v) is 4.63. The topological polar surface area (TPSA) is 104 Å². The van der Waals surface area contributed by atoms with E-state index in [1.807, 2.05) is 0 Å². The third-order valence-electron chi connectivity index (χ3n) is 2.62. The maximum absolute atomic E-state index is 10.8. The smallest absolute Gasteiger partial charge is 0.243 e. The van der Waals surface area contributed by atoms with E-state index in [2.05, 4.69) is 28.8 Å². The van der Waals surface area contributed by atoms with E-state index in [4.69, 9.17) is 19.2 Å². The van der Waals surface area contributed by atoms with Crippen molar-refractivity contribution in [3.63, 3.8) is 0 Å². The van der Waals surface area contributed by atoms with Crippen LogP contribution in [-0.2, 0) is 33.9 Å². The van der Waals surface area contributed by atoms with Crippen LogP contribution in [0.5, 0.6) is 0 Å². The number of amides is 2. The predicted molar refractivity (Wildman–Crippen MR) is 90.3 cm³/mol. The number of ether oxygens (including phenoxy) is 2. The van der Waals surface area contributed by atoms with Crippen molar-refractivity contribution < 1.29 is 33.9 Å². The van der Waals surface area contributed by atoms with E-state index >= 15 is 0 Å². The number of hydrogen-bond donors (Lipinski definition) is 2. The predicted octanol–water partition coefficient (Wildman–Crippen LogP) is 0.284. The zero-order chi connectivity index (χ0) is 18.6. The van der Waals surface area contributed by atoms with Crippen LogP contribution in [0.15, 0.2) is 25.3 Å². The minimum atomic E-state index is -0.197. The fourth-order valence-electron chi connectivity index (χ4n) is 1.41. The molecule has 0 saturated carbocycles. The van der Waals surface area contributed by atoms with Crippen LogP contribution in [0.2, 0.25) is 0 Å². The first-order chi connectivity index (χ1) is 12.2. The molecule has 0 aliphatic rings. The average Bonchev–Trinajstić information content (AvgIpc) is 2.63. The molecule has 9 nitrogen and oxygen atoms in total. The zero-order valence-corrected chi connectivity index (χ0v) is 14.5. The van der Waals surface area contributed by atoms with Crippen LogP contribution in [-0.4, -0.2) is 64.5 Å². The summed E-state index contributed by atoms with van der Waals surface area (Å²) in [6.07, 6.45) is 3.85. The molecule has 0 rings (SSSR count). The molecule has 0 aliphatic heterocycles. The van der Waals surface area contributed by atoms with Gasteiger partial charge in [-0.2, -0.15) is 0 Å². The first-order valence-electron chi connectivity index (χ1n) is 8.07. The molecule has 0 bridgehead atoms. The first kappa shape index (κ1) is 23.2. The molecular formula is C16H28N2O7. The van der Waals surface area contributed by atoms with Gasteiger partial charge < -0.3 is 20.1 Å². The molecular weight excluding hydrogens is 332 g/mol. The lowest BCUT2D eigenvalue weighted by Gasteiger charge is -2.06. The molecule has 2 N–H and O–H groups in total. The van der Waals surface area contributed by atoms with Crippen LogP contribution in [0.3, 0.4) is 0 Å². The van der Waals surface area contributed by atoms with Crippen LogP contribution in [0.25, 0.3) is 0 Å². The Morgan fingerprint density at radius 3 is 1.56 bits per heavy atom. The van der Waals surface area contributed by atoms with Crippen LogP contribution in [0.1, 0.15) is 12.8 Å². The van der Waals surface area contributed by atoms with E-state index < -0.39 is 0 Å². The number of hydrogen-bond acceptors (Lipinski definition) is 7. The molecule has 144 valence electrons. The van der Waals surface area contributed by atoms with Crippen molar-refractivity contribution in [3.05, 3.63) is 25.3 Å². The lowest BCUT2D eigenvalue weighted by atomic mass is 10.4. The van der Waals surface area contributed by atoms with E-state index in [9.17, 15) is 9.59 Å². The minimum absolute atomic E-state index is 0.197. The van der Waals surface area contributed by atoms with E-state index in [0.717, 1.165) is 0 Å². The van der Waals surface area contributed by atoms with Gasteiger partial charge in [0.25, 0.3) is 0 Å². The summed E-state index contributed by atoms with van der Waals surface area (Å²) < 4.78 is 10.5. The largest absolute Gasteiger partial charge is 0.379 e. The van der Waals surface area contributed by atoms with Crippen molar-refractivity contribution in [1.82, 2.24) is 10.6 Å². The second kappa shape index (κ2) is 18.6. The van der Waals surface area contributed by atoms with E-state index in [0.29, 0.717) is 52.4 Å². The van der Waals surface area contributed by atoms with Crippen LogP contribution < -0.4 is 10.6 Å². The molecule has 0 spiro atoms. The van der Waals surface area contributed by atoms with E-state index in [-0.39, 0.29) is 25.0 Å². The Bertz CT molecular complexity index is 343. The molecule has 0 atom stereocenters. The van der Waals surface area contributed by atoms with Gasteiger partial charge in [-0.05, 0) is 25.0 Å². The van der Waals surface area contributed by atoms with Crippen LogP contribution in [0.4, 0.5) is 0 Å². The summed E-state index contributed by atoms with van der Waals surface area (Å²) in [6.45, 7) is 9.93. The van der Waals surface area contributed by atoms with Gasteiger partial charge in [0.15, 0.2) is 0 Å². The van der Waals surface area contributed by atoms with Crippen molar-refractivity contribution in [1.29, 1.82) is 0 Å². The molecule has 0 fully saturated rings. The van der Waals surface area contributed by atoms with Gasteiger partial charge in [0.2, 0.25) is 11.8 Å². The molecule has 0 aromatic rings. The molecule has 0 aromatic heterocycles. The average molecular weight is 360 g/mol. The summed E-state index contributed by atoms with van der Waals surface area (Å²) in [5.74, 6) is -0.394. The Morgan fingerprint density at radius 1 is 0.720 bits per heavy atom. The highest BCUT2D eigenvalue weighted by Crippen LogP contribution is 1.87. The molecule has 0 heterocycles. The maximum atomic E-state index is 10.8. The summed E-state index contributed by atoms with van der Waals surface area (Å²) in [4.78, 5) is 31.2. The fraction of sp³-hybridized carbons (Fsp3) is 0.625. The quantitative estimate of drug-likeness (QED) is 0.157. The van der Waals surface area contributed by atoms with Gasteiger partial charge in [-0.25, -0.2) is 9.78 Å². The van der Waals surface area contributed by atoms with Crippen LogP contribution in [0, 0.1) is 0 Å². The van der Waals surface area contributed by atoms with Gasteiger partial charge in [0.05, 0.1) is 13.2 Å². The number of rotatable bonds is 18. The third-order valence-corrected chi connectivity index (χ3v) is 2.62. The highest BCUT2D eigenvalue weighted by Gasteiger charge is 1.96. The van der Waals surface area contributed by atoms with E-state index in [1.54, 1.807) is 0 Å². The van der Waals surface area contributed by atoms with Crippen LogP contribution >= 0.6 is 0 Å². The Balaban J connectivity index is 3.07. The highest BCUT2D eigenvalue weighted by molar-refractivity contribution is 5.87. The fourth-order valence-corrected chi connectivity index (χ4v) is 1.41.